The molecule has 146 valence electrons. The molecule has 1 N–H and O–H groups in total. The Kier molecular flexibility index (Phi) is 5.14. The van der Waals surface area contributed by atoms with Crippen LogP contribution in [-0.4, -0.2) is 20.8 Å². The van der Waals surface area contributed by atoms with Crippen LogP contribution in [-0.2, 0) is 6.54 Å². The Labute approximate surface area is 170 Å². The van der Waals surface area contributed by atoms with Crippen LogP contribution >= 0.6 is 11.6 Å². The summed E-state index contributed by atoms with van der Waals surface area (Å²) in [6, 6.07) is 13.5. The summed E-state index contributed by atoms with van der Waals surface area (Å²) in [5.41, 5.74) is 3.34. The first kappa shape index (κ1) is 18.9. The molecule has 0 aliphatic rings. The lowest BCUT2D eigenvalue weighted by molar-refractivity contribution is 0.101. The predicted molar refractivity (Wildman–Crippen MR) is 107 cm³/mol. The van der Waals surface area contributed by atoms with Crippen LogP contribution in [0.1, 0.15) is 21.6 Å². The molecular formula is C21H16ClFN4O2. The van der Waals surface area contributed by atoms with E-state index in [0.717, 1.165) is 11.1 Å². The number of anilines is 1. The summed E-state index contributed by atoms with van der Waals surface area (Å²) >= 11 is 6.04. The number of halogens is 2. The Morgan fingerprint density at radius 2 is 2.00 bits per heavy atom. The minimum atomic E-state index is -0.411. The zero-order valence-electron chi connectivity index (χ0n) is 15.4. The van der Waals surface area contributed by atoms with E-state index in [4.69, 9.17) is 16.1 Å². The molecule has 0 saturated heterocycles. The van der Waals surface area contributed by atoms with E-state index in [-0.39, 0.29) is 5.69 Å². The van der Waals surface area contributed by atoms with Gasteiger partial charge in [-0.1, -0.05) is 52.7 Å². The quantitative estimate of drug-likeness (QED) is 0.505. The minimum absolute atomic E-state index is 0.162. The lowest BCUT2D eigenvalue weighted by Crippen LogP contribution is -2.11. The number of amides is 1. The zero-order chi connectivity index (χ0) is 20.4. The van der Waals surface area contributed by atoms with Gasteiger partial charge < -0.3 is 9.84 Å². The molecule has 0 bridgehead atoms. The van der Waals surface area contributed by atoms with Crippen molar-refractivity contribution in [2.45, 2.75) is 13.5 Å². The van der Waals surface area contributed by atoms with Crippen molar-refractivity contribution in [1.29, 1.82) is 0 Å². The fraction of sp³-hybridized carbons (Fsp3) is 0.0952. The third-order valence-electron chi connectivity index (χ3n) is 4.32. The van der Waals surface area contributed by atoms with Gasteiger partial charge in [-0.2, -0.15) is 5.10 Å². The molecule has 4 aromatic rings. The highest BCUT2D eigenvalue weighted by atomic mass is 35.5. The number of hydrogen-bond acceptors (Lipinski definition) is 4. The SMILES string of the molecule is Cc1ccc(-c2cc(C(=O)Nc3cnn(Cc4ccc(F)cc4Cl)c3)no2)cc1. The van der Waals surface area contributed by atoms with Crippen molar-refractivity contribution in [3.05, 3.63) is 88.6 Å². The second kappa shape index (κ2) is 7.89. The van der Waals surface area contributed by atoms with Gasteiger partial charge in [-0.05, 0) is 24.6 Å². The summed E-state index contributed by atoms with van der Waals surface area (Å²) in [5, 5.41) is 11.1. The molecule has 29 heavy (non-hydrogen) atoms. The first-order chi connectivity index (χ1) is 14.0. The van der Waals surface area contributed by atoms with Crippen LogP contribution in [0.5, 0.6) is 0 Å². The van der Waals surface area contributed by atoms with E-state index in [0.29, 0.717) is 28.6 Å². The van der Waals surface area contributed by atoms with Crippen LogP contribution in [0.4, 0.5) is 10.1 Å². The molecule has 1 amide bonds. The summed E-state index contributed by atoms with van der Waals surface area (Å²) in [7, 11) is 0. The zero-order valence-corrected chi connectivity index (χ0v) is 16.2. The monoisotopic (exact) mass is 410 g/mol. The van der Waals surface area contributed by atoms with Crippen molar-refractivity contribution in [2.24, 2.45) is 0 Å². The fourth-order valence-corrected chi connectivity index (χ4v) is 3.00. The molecular weight excluding hydrogens is 395 g/mol. The van der Waals surface area contributed by atoms with E-state index in [1.807, 2.05) is 31.2 Å². The largest absolute Gasteiger partial charge is 0.355 e. The van der Waals surface area contributed by atoms with Crippen molar-refractivity contribution in [3.8, 4) is 11.3 Å². The van der Waals surface area contributed by atoms with E-state index >= 15 is 0 Å². The van der Waals surface area contributed by atoms with E-state index < -0.39 is 11.7 Å². The second-order valence-corrected chi connectivity index (χ2v) is 6.97. The maximum atomic E-state index is 13.2. The molecule has 2 aromatic carbocycles. The predicted octanol–water partition coefficient (Wildman–Crippen LogP) is 4.94. The van der Waals surface area contributed by atoms with Crippen molar-refractivity contribution >= 4 is 23.2 Å². The van der Waals surface area contributed by atoms with Crippen molar-refractivity contribution in [2.75, 3.05) is 5.32 Å². The number of carbonyl (C=O) groups is 1. The molecule has 2 aromatic heterocycles. The topological polar surface area (TPSA) is 73.0 Å². The molecule has 4 rings (SSSR count). The van der Waals surface area contributed by atoms with Gasteiger partial charge in [0, 0.05) is 22.8 Å². The minimum Gasteiger partial charge on any atom is -0.355 e. The Balaban J connectivity index is 1.43. The molecule has 0 atom stereocenters. The van der Waals surface area contributed by atoms with E-state index in [1.165, 1.54) is 18.3 Å². The van der Waals surface area contributed by atoms with Crippen LogP contribution in [0.3, 0.4) is 0 Å². The van der Waals surface area contributed by atoms with Gasteiger partial charge in [-0.15, -0.1) is 0 Å². The number of rotatable bonds is 5. The van der Waals surface area contributed by atoms with Gasteiger partial charge in [0.2, 0.25) is 0 Å². The number of aromatic nitrogens is 3. The van der Waals surface area contributed by atoms with Crippen molar-refractivity contribution in [3.63, 3.8) is 0 Å². The lowest BCUT2D eigenvalue weighted by atomic mass is 10.1. The molecule has 0 spiro atoms. The van der Waals surface area contributed by atoms with Crippen LogP contribution < -0.4 is 5.32 Å². The van der Waals surface area contributed by atoms with Gasteiger partial charge in [0.15, 0.2) is 11.5 Å². The third kappa shape index (κ3) is 4.35. The summed E-state index contributed by atoms with van der Waals surface area (Å²) in [6.45, 7) is 2.34. The smallest absolute Gasteiger partial charge is 0.277 e. The molecule has 6 nitrogen and oxygen atoms in total. The third-order valence-corrected chi connectivity index (χ3v) is 4.67. The molecule has 2 heterocycles. The normalized spacial score (nSPS) is 10.9. The van der Waals surface area contributed by atoms with Gasteiger partial charge in [-0.3, -0.25) is 9.48 Å². The van der Waals surface area contributed by atoms with Gasteiger partial charge in [0.25, 0.3) is 5.91 Å². The van der Waals surface area contributed by atoms with Crippen LogP contribution in [0.15, 0.2) is 65.4 Å². The lowest BCUT2D eigenvalue weighted by Gasteiger charge is -2.04. The molecule has 0 aliphatic carbocycles. The standard InChI is InChI=1S/C21H16ClFN4O2/c1-13-2-4-14(5-3-13)20-9-19(26-29-20)21(28)25-17-10-24-27(12-17)11-15-6-7-16(23)8-18(15)22/h2-10,12H,11H2,1H3,(H,25,28). The van der Waals surface area contributed by atoms with Crippen molar-refractivity contribution in [1.82, 2.24) is 14.9 Å². The van der Waals surface area contributed by atoms with Gasteiger partial charge in [0.05, 0.1) is 18.4 Å². The summed E-state index contributed by atoms with van der Waals surface area (Å²) in [4.78, 5) is 12.4. The average Bonchev–Trinajstić information content (AvgIpc) is 3.34. The molecule has 8 heteroatoms. The number of benzene rings is 2. The first-order valence-electron chi connectivity index (χ1n) is 8.79. The number of nitrogens with one attached hydrogen (secondary N) is 1. The average molecular weight is 411 g/mol. The highest BCUT2D eigenvalue weighted by Gasteiger charge is 2.15. The maximum Gasteiger partial charge on any atom is 0.277 e. The summed E-state index contributed by atoms with van der Waals surface area (Å²) in [5.74, 6) is -0.298. The van der Waals surface area contributed by atoms with Gasteiger partial charge >= 0.3 is 0 Å². The second-order valence-electron chi connectivity index (χ2n) is 6.56. The summed E-state index contributed by atoms with van der Waals surface area (Å²) < 4.78 is 20.0. The van der Waals surface area contributed by atoms with E-state index in [1.54, 1.807) is 23.0 Å². The van der Waals surface area contributed by atoms with Gasteiger partial charge in [0.1, 0.15) is 5.82 Å². The number of carbonyl (C=O) groups excluding carboxylic acids is 1. The molecule has 0 fully saturated rings. The highest BCUT2D eigenvalue weighted by molar-refractivity contribution is 6.31. The maximum absolute atomic E-state index is 13.2. The number of hydrogen-bond donors (Lipinski definition) is 1. The molecule has 0 aliphatic heterocycles. The molecule has 0 radical (unpaired) electrons. The molecule has 0 saturated carbocycles. The fourth-order valence-electron chi connectivity index (χ4n) is 2.77. The summed E-state index contributed by atoms with van der Waals surface area (Å²) in [6.07, 6.45) is 3.16. The Bertz CT molecular complexity index is 1170. The van der Waals surface area contributed by atoms with E-state index in [9.17, 15) is 9.18 Å². The van der Waals surface area contributed by atoms with Crippen molar-refractivity contribution < 1.29 is 13.7 Å². The Morgan fingerprint density at radius 1 is 1.21 bits per heavy atom. The van der Waals surface area contributed by atoms with Gasteiger partial charge in [-0.25, -0.2) is 4.39 Å². The number of nitrogens with zero attached hydrogens (tertiary/aromatic N) is 3. The van der Waals surface area contributed by atoms with E-state index in [2.05, 4.69) is 15.6 Å². The number of aryl methyl sites for hydroxylation is 1. The van der Waals surface area contributed by atoms with Crippen LogP contribution in [0.25, 0.3) is 11.3 Å². The Hall–Kier alpha value is -3.45. The molecule has 0 unspecified atom stereocenters. The van der Waals surface area contributed by atoms with Crippen LogP contribution in [0, 0.1) is 12.7 Å². The highest BCUT2D eigenvalue weighted by Crippen LogP contribution is 2.22. The van der Waals surface area contributed by atoms with Crippen LogP contribution in [0.2, 0.25) is 5.02 Å². The first-order valence-corrected chi connectivity index (χ1v) is 9.17. The Morgan fingerprint density at radius 3 is 2.76 bits per heavy atom.